The van der Waals surface area contributed by atoms with E-state index in [0.29, 0.717) is 32.1 Å². The number of para-hydroxylation sites is 1. The molecule has 0 bridgehead atoms. The summed E-state index contributed by atoms with van der Waals surface area (Å²) < 4.78 is 32.4. The third kappa shape index (κ3) is 5.42. The molecule has 0 saturated carbocycles. The number of nitrogens with zero attached hydrogens (tertiary/aromatic N) is 3. The van der Waals surface area contributed by atoms with Crippen molar-refractivity contribution in [3.63, 3.8) is 0 Å². The molecule has 0 aliphatic carbocycles. The van der Waals surface area contributed by atoms with Gasteiger partial charge in [-0.2, -0.15) is 11.8 Å². The molecule has 2 heterocycles. The standard InChI is InChI=1S/C19H28N4O3S2/c1-3-20-19(21-8-13-28(24,25)23-9-11-27-12-10-23)22(2)15-17-14-16-6-4-5-7-18(16)26-17/h4-7,14H,3,8-13,15H2,1-2H3,(H,20,21). The Bertz CT molecular complexity index is 872. The van der Waals surface area contributed by atoms with Crippen molar-refractivity contribution in [1.29, 1.82) is 0 Å². The van der Waals surface area contributed by atoms with Crippen LogP contribution in [-0.4, -0.2) is 74.1 Å². The molecule has 28 heavy (non-hydrogen) atoms. The molecule has 3 rings (SSSR count). The van der Waals surface area contributed by atoms with Crippen molar-refractivity contribution < 1.29 is 12.8 Å². The number of furan rings is 1. The van der Waals surface area contributed by atoms with Crippen LogP contribution in [-0.2, 0) is 16.6 Å². The molecule has 7 nitrogen and oxygen atoms in total. The van der Waals surface area contributed by atoms with Crippen LogP contribution in [0.5, 0.6) is 0 Å². The van der Waals surface area contributed by atoms with Gasteiger partial charge in [0.05, 0.1) is 18.8 Å². The fourth-order valence-corrected chi connectivity index (χ4v) is 5.57. The van der Waals surface area contributed by atoms with Crippen molar-refractivity contribution in [2.75, 3.05) is 50.5 Å². The summed E-state index contributed by atoms with van der Waals surface area (Å²) >= 11 is 1.80. The van der Waals surface area contributed by atoms with Crippen molar-refractivity contribution in [3.05, 3.63) is 36.1 Å². The molecule has 1 N–H and O–H groups in total. The summed E-state index contributed by atoms with van der Waals surface area (Å²) in [5, 5.41) is 4.29. The molecule has 9 heteroatoms. The van der Waals surface area contributed by atoms with Gasteiger partial charge in [0.15, 0.2) is 5.96 Å². The minimum absolute atomic E-state index is 0.0328. The number of benzene rings is 1. The van der Waals surface area contributed by atoms with E-state index in [1.54, 1.807) is 16.1 Å². The molecule has 1 aromatic carbocycles. The quantitative estimate of drug-likeness (QED) is 0.542. The Hall–Kier alpha value is -1.71. The zero-order valence-corrected chi connectivity index (χ0v) is 18.1. The molecule has 1 aromatic heterocycles. The van der Waals surface area contributed by atoms with Gasteiger partial charge in [0.2, 0.25) is 10.0 Å². The lowest BCUT2D eigenvalue weighted by Gasteiger charge is -2.25. The van der Waals surface area contributed by atoms with Crippen molar-refractivity contribution in [2.24, 2.45) is 4.99 Å². The lowest BCUT2D eigenvalue weighted by Crippen LogP contribution is -2.41. The maximum absolute atomic E-state index is 12.5. The summed E-state index contributed by atoms with van der Waals surface area (Å²) in [6, 6.07) is 9.92. The number of thioether (sulfide) groups is 1. The first-order chi connectivity index (χ1) is 13.5. The summed E-state index contributed by atoms with van der Waals surface area (Å²) in [6.07, 6.45) is 0. The van der Waals surface area contributed by atoms with Gasteiger partial charge in [0.25, 0.3) is 0 Å². The van der Waals surface area contributed by atoms with Crippen LogP contribution >= 0.6 is 11.8 Å². The van der Waals surface area contributed by atoms with E-state index < -0.39 is 10.0 Å². The number of guanidine groups is 1. The fraction of sp³-hybridized carbons (Fsp3) is 0.526. The second-order valence-corrected chi connectivity index (χ2v) is 9.98. The molecule has 154 valence electrons. The van der Waals surface area contributed by atoms with Crippen molar-refractivity contribution in [2.45, 2.75) is 13.5 Å². The Kier molecular flexibility index (Phi) is 7.25. The van der Waals surface area contributed by atoms with Crippen LogP contribution in [0.25, 0.3) is 11.0 Å². The Morgan fingerprint density at radius 3 is 2.79 bits per heavy atom. The van der Waals surface area contributed by atoms with Gasteiger partial charge in [-0.15, -0.1) is 0 Å². The van der Waals surface area contributed by atoms with E-state index in [0.717, 1.165) is 28.2 Å². The fourth-order valence-electron chi connectivity index (χ4n) is 3.11. The van der Waals surface area contributed by atoms with Crippen LogP contribution in [0.2, 0.25) is 0 Å². The van der Waals surface area contributed by atoms with Gasteiger partial charge in [0, 0.05) is 43.6 Å². The Balaban J connectivity index is 1.62. The normalized spacial score (nSPS) is 16.4. The van der Waals surface area contributed by atoms with Gasteiger partial charge >= 0.3 is 0 Å². The molecule has 1 fully saturated rings. The van der Waals surface area contributed by atoms with Gasteiger partial charge in [-0.05, 0) is 19.1 Å². The number of aliphatic imine (C=N–C) groups is 1. The third-order valence-corrected chi connectivity index (χ3v) is 7.33. The number of hydrogen-bond acceptors (Lipinski definition) is 5. The van der Waals surface area contributed by atoms with Gasteiger partial charge in [-0.25, -0.2) is 12.7 Å². The molecule has 0 unspecified atom stereocenters. The first-order valence-corrected chi connectivity index (χ1v) is 12.3. The highest BCUT2D eigenvalue weighted by Crippen LogP contribution is 2.19. The van der Waals surface area contributed by atoms with Gasteiger partial charge in [-0.3, -0.25) is 4.99 Å². The lowest BCUT2D eigenvalue weighted by molar-refractivity contribution is 0.412. The smallest absolute Gasteiger partial charge is 0.215 e. The van der Waals surface area contributed by atoms with Gasteiger partial charge in [0.1, 0.15) is 11.3 Å². The molecule has 2 aromatic rings. The Morgan fingerprint density at radius 2 is 2.07 bits per heavy atom. The van der Waals surface area contributed by atoms with Crippen molar-refractivity contribution >= 4 is 38.7 Å². The van der Waals surface area contributed by atoms with E-state index in [1.165, 1.54) is 0 Å². The van der Waals surface area contributed by atoms with E-state index in [1.807, 2.05) is 49.2 Å². The van der Waals surface area contributed by atoms with E-state index in [4.69, 9.17) is 4.42 Å². The number of sulfonamides is 1. The molecule has 1 aliphatic rings. The molecule has 0 radical (unpaired) electrons. The van der Waals surface area contributed by atoms with Crippen LogP contribution in [0.4, 0.5) is 0 Å². The average Bonchev–Trinajstić information content (AvgIpc) is 3.10. The second-order valence-electron chi connectivity index (χ2n) is 6.67. The van der Waals surface area contributed by atoms with E-state index in [-0.39, 0.29) is 12.3 Å². The second kappa shape index (κ2) is 9.67. The summed E-state index contributed by atoms with van der Waals surface area (Å²) in [6.45, 7) is 4.69. The first-order valence-electron chi connectivity index (χ1n) is 9.52. The summed E-state index contributed by atoms with van der Waals surface area (Å²) in [4.78, 5) is 6.47. The van der Waals surface area contributed by atoms with E-state index in [2.05, 4.69) is 10.3 Å². The number of fused-ring (bicyclic) bond motifs is 1. The summed E-state index contributed by atoms with van der Waals surface area (Å²) in [5.41, 5.74) is 0.860. The molecule has 1 aliphatic heterocycles. The monoisotopic (exact) mass is 424 g/mol. The Labute approximate surface area is 171 Å². The zero-order valence-electron chi connectivity index (χ0n) is 16.4. The van der Waals surface area contributed by atoms with Gasteiger partial charge < -0.3 is 14.6 Å². The molecule has 1 saturated heterocycles. The highest BCUT2D eigenvalue weighted by molar-refractivity contribution is 7.99. The predicted octanol–water partition coefficient (Wildman–Crippen LogP) is 2.21. The van der Waals surface area contributed by atoms with Crippen LogP contribution in [0, 0.1) is 0 Å². The zero-order chi connectivity index (χ0) is 20.0. The molecular weight excluding hydrogens is 396 g/mol. The average molecular weight is 425 g/mol. The number of rotatable bonds is 7. The van der Waals surface area contributed by atoms with Crippen molar-refractivity contribution in [1.82, 2.24) is 14.5 Å². The number of nitrogens with one attached hydrogen (secondary N) is 1. The molecule has 0 atom stereocenters. The number of hydrogen-bond donors (Lipinski definition) is 1. The van der Waals surface area contributed by atoms with Crippen LogP contribution in [0.1, 0.15) is 12.7 Å². The third-order valence-electron chi connectivity index (χ3n) is 4.54. The minimum Gasteiger partial charge on any atom is -0.459 e. The van der Waals surface area contributed by atoms with Crippen LogP contribution < -0.4 is 5.32 Å². The van der Waals surface area contributed by atoms with Crippen molar-refractivity contribution in [3.8, 4) is 0 Å². The predicted molar refractivity (Wildman–Crippen MR) is 116 cm³/mol. The van der Waals surface area contributed by atoms with Crippen LogP contribution in [0.15, 0.2) is 39.7 Å². The maximum atomic E-state index is 12.5. The SMILES string of the molecule is CCNC(=NCCS(=O)(=O)N1CCSCC1)N(C)Cc1cc2ccccc2o1. The van der Waals surface area contributed by atoms with E-state index >= 15 is 0 Å². The largest absolute Gasteiger partial charge is 0.459 e. The highest BCUT2D eigenvalue weighted by atomic mass is 32.2. The lowest BCUT2D eigenvalue weighted by atomic mass is 10.2. The summed E-state index contributed by atoms with van der Waals surface area (Å²) in [5.74, 6) is 3.28. The Morgan fingerprint density at radius 1 is 1.32 bits per heavy atom. The van der Waals surface area contributed by atoms with Gasteiger partial charge in [-0.1, -0.05) is 18.2 Å². The molecular formula is C19H28N4O3S2. The first kappa shape index (κ1) is 21.0. The molecule has 0 spiro atoms. The highest BCUT2D eigenvalue weighted by Gasteiger charge is 2.23. The van der Waals surface area contributed by atoms with E-state index in [9.17, 15) is 8.42 Å². The minimum atomic E-state index is -3.25. The maximum Gasteiger partial charge on any atom is 0.215 e. The molecule has 0 amide bonds. The topological polar surface area (TPSA) is 78.2 Å². The van der Waals surface area contributed by atoms with Crippen LogP contribution in [0.3, 0.4) is 0 Å². The summed E-state index contributed by atoms with van der Waals surface area (Å²) in [7, 11) is -1.33.